The number of unbranched alkanes of at least 4 members (excludes halogenated alkanes) is 1. The fourth-order valence-corrected chi connectivity index (χ4v) is 1.61. The first-order chi connectivity index (χ1) is 11.4. The van der Waals surface area contributed by atoms with Crippen LogP contribution in [-0.4, -0.2) is 67.4 Å². The van der Waals surface area contributed by atoms with E-state index < -0.39 is 36.3 Å². The topological polar surface area (TPSA) is 180 Å². The SMILES string of the molecule is NCCCCC(NC(=O)CNC(=O)CNC(=O)CNC=O)C(=O)O. The maximum absolute atomic E-state index is 11.6. The van der Waals surface area contributed by atoms with Crippen LogP contribution >= 0.6 is 0 Å². The Labute approximate surface area is 138 Å². The van der Waals surface area contributed by atoms with Crippen LogP contribution in [0.3, 0.4) is 0 Å². The van der Waals surface area contributed by atoms with E-state index >= 15 is 0 Å². The van der Waals surface area contributed by atoms with Gasteiger partial charge in [0.25, 0.3) is 0 Å². The minimum absolute atomic E-state index is 0.242. The quantitative estimate of drug-likeness (QED) is 0.149. The predicted octanol–water partition coefficient (Wildman–Crippen LogP) is -3.34. The van der Waals surface area contributed by atoms with Crippen LogP contribution in [0.15, 0.2) is 0 Å². The molecule has 0 saturated heterocycles. The summed E-state index contributed by atoms with van der Waals surface area (Å²) in [7, 11) is 0. The average molecular weight is 345 g/mol. The molecule has 0 fully saturated rings. The standard InChI is InChI=1S/C13H23N5O6/c14-4-2-1-3-9(13(23)24)18-12(22)7-17-11(21)6-16-10(20)5-15-8-19/h8-9H,1-7,14H2,(H,15,19)(H,16,20)(H,17,21)(H,18,22)(H,23,24). The Balaban J connectivity index is 4.04. The first-order valence-electron chi connectivity index (χ1n) is 7.33. The van der Waals surface area contributed by atoms with Crippen LogP contribution in [0.5, 0.6) is 0 Å². The van der Waals surface area contributed by atoms with E-state index in [-0.39, 0.29) is 19.5 Å². The molecule has 0 saturated carbocycles. The Morgan fingerprint density at radius 1 is 0.958 bits per heavy atom. The lowest BCUT2D eigenvalue weighted by Gasteiger charge is -2.14. The molecule has 4 amide bonds. The number of hydrogen-bond acceptors (Lipinski definition) is 6. The minimum Gasteiger partial charge on any atom is -0.480 e. The van der Waals surface area contributed by atoms with Gasteiger partial charge in [-0.25, -0.2) is 4.79 Å². The second-order valence-corrected chi connectivity index (χ2v) is 4.80. The maximum atomic E-state index is 11.6. The third-order valence-corrected chi connectivity index (χ3v) is 2.82. The third-order valence-electron chi connectivity index (χ3n) is 2.82. The van der Waals surface area contributed by atoms with Crippen molar-refractivity contribution < 1.29 is 29.1 Å². The van der Waals surface area contributed by atoms with E-state index in [0.29, 0.717) is 25.8 Å². The van der Waals surface area contributed by atoms with Crippen LogP contribution in [0.2, 0.25) is 0 Å². The van der Waals surface area contributed by atoms with Crippen molar-refractivity contribution in [3.63, 3.8) is 0 Å². The number of nitrogens with two attached hydrogens (primary N) is 1. The van der Waals surface area contributed by atoms with Crippen molar-refractivity contribution in [2.24, 2.45) is 5.73 Å². The van der Waals surface area contributed by atoms with Crippen LogP contribution in [0.1, 0.15) is 19.3 Å². The van der Waals surface area contributed by atoms with Gasteiger partial charge in [-0.1, -0.05) is 0 Å². The van der Waals surface area contributed by atoms with Gasteiger partial charge < -0.3 is 32.1 Å². The van der Waals surface area contributed by atoms with Crippen molar-refractivity contribution in [1.82, 2.24) is 21.3 Å². The molecule has 1 unspecified atom stereocenters. The summed E-state index contributed by atoms with van der Waals surface area (Å²) in [5, 5.41) is 17.9. The first-order valence-corrected chi connectivity index (χ1v) is 7.33. The molecule has 0 radical (unpaired) electrons. The molecule has 7 N–H and O–H groups in total. The van der Waals surface area contributed by atoms with Crippen molar-refractivity contribution in [1.29, 1.82) is 0 Å². The molecule has 0 aliphatic carbocycles. The van der Waals surface area contributed by atoms with Crippen LogP contribution in [0.4, 0.5) is 0 Å². The Morgan fingerprint density at radius 2 is 1.54 bits per heavy atom. The van der Waals surface area contributed by atoms with Gasteiger partial charge in [-0.3, -0.25) is 19.2 Å². The molecular weight excluding hydrogens is 322 g/mol. The Hall–Kier alpha value is -2.69. The number of hydrogen-bond donors (Lipinski definition) is 6. The number of nitrogens with one attached hydrogen (secondary N) is 4. The summed E-state index contributed by atoms with van der Waals surface area (Å²) in [6.07, 6.45) is 1.79. The van der Waals surface area contributed by atoms with Crippen LogP contribution in [-0.2, 0) is 24.0 Å². The third kappa shape index (κ3) is 11.0. The molecule has 0 spiro atoms. The van der Waals surface area contributed by atoms with Gasteiger partial charge in [0.1, 0.15) is 6.04 Å². The zero-order valence-corrected chi connectivity index (χ0v) is 13.2. The second kappa shape index (κ2) is 12.8. The zero-order chi connectivity index (χ0) is 18.4. The van der Waals surface area contributed by atoms with Gasteiger partial charge in [0.2, 0.25) is 24.1 Å². The molecule has 0 aliphatic heterocycles. The molecule has 1 atom stereocenters. The summed E-state index contributed by atoms with van der Waals surface area (Å²) >= 11 is 0. The highest BCUT2D eigenvalue weighted by atomic mass is 16.4. The van der Waals surface area contributed by atoms with Gasteiger partial charge in [-0.15, -0.1) is 0 Å². The average Bonchev–Trinajstić information content (AvgIpc) is 2.55. The van der Waals surface area contributed by atoms with Gasteiger partial charge in [0, 0.05) is 0 Å². The Bertz CT molecular complexity index is 456. The maximum Gasteiger partial charge on any atom is 0.326 e. The van der Waals surface area contributed by atoms with Crippen molar-refractivity contribution in [3.05, 3.63) is 0 Å². The van der Waals surface area contributed by atoms with Gasteiger partial charge in [-0.2, -0.15) is 0 Å². The number of rotatable bonds is 13. The largest absolute Gasteiger partial charge is 0.480 e. The van der Waals surface area contributed by atoms with E-state index in [1.54, 1.807) is 0 Å². The molecule has 0 bridgehead atoms. The summed E-state index contributed by atoms with van der Waals surface area (Å²) in [6, 6.07) is -1.05. The highest BCUT2D eigenvalue weighted by Gasteiger charge is 2.19. The number of carbonyl (C=O) groups excluding carboxylic acids is 4. The fraction of sp³-hybridized carbons (Fsp3) is 0.615. The number of aliphatic carboxylic acids is 1. The summed E-state index contributed by atoms with van der Waals surface area (Å²) in [4.78, 5) is 55.2. The van der Waals surface area contributed by atoms with Crippen molar-refractivity contribution in [2.75, 3.05) is 26.2 Å². The molecule has 136 valence electrons. The molecule has 0 aliphatic rings. The van der Waals surface area contributed by atoms with E-state index in [0.717, 1.165) is 0 Å². The number of carbonyl (C=O) groups is 5. The van der Waals surface area contributed by atoms with Gasteiger partial charge in [-0.05, 0) is 25.8 Å². The van der Waals surface area contributed by atoms with Gasteiger partial charge in [0.15, 0.2) is 0 Å². The van der Waals surface area contributed by atoms with E-state index in [2.05, 4.69) is 21.3 Å². The zero-order valence-electron chi connectivity index (χ0n) is 13.2. The molecule has 0 heterocycles. The van der Waals surface area contributed by atoms with E-state index in [4.69, 9.17) is 10.8 Å². The summed E-state index contributed by atoms with van der Waals surface area (Å²) in [5.74, 6) is -3.01. The lowest BCUT2D eigenvalue weighted by molar-refractivity contribution is -0.142. The molecule has 11 heteroatoms. The Kier molecular flexibility index (Phi) is 11.4. The predicted molar refractivity (Wildman–Crippen MR) is 82.6 cm³/mol. The molecule has 0 rings (SSSR count). The highest BCUT2D eigenvalue weighted by molar-refractivity contribution is 5.90. The van der Waals surface area contributed by atoms with Gasteiger partial charge >= 0.3 is 5.97 Å². The van der Waals surface area contributed by atoms with Crippen molar-refractivity contribution in [3.8, 4) is 0 Å². The number of carboxylic acids is 1. The highest BCUT2D eigenvalue weighted by Crippen LogP contribution is 2.00. The minimum atomic E-state index is -1.17. The smallest absolute Gasteiger partial charge is 0.326 e. The van der Waals surface area contributed by atoms with Crippen molar-refractivity contribution >= 4 is 30.1 Å². The van der Waals surface area contributed by atoms with E-state index in [1.165, 1.54) is 0 Å². The molecule has 24 heavy (non-hydrogen) atoms. The molecular formula is C13H23N5O6. The van der Waals surface area contributed by atoms with Crippen LogP contribution in [0, 0.1) is 0 Å². The fourth-order valence-electron chi connectivity index (χ4n) is 1.61. The lowest BCUT2D eigenvalue weighted by Crippen LogP contribution is -2.47. The number of amides is 4. The molecule has 0 aromatic rings. The number of carboxylic acid groups (broad SMARTS) is 1. The summed E-state index contributed by atoms with van der Waals surface area (Å²) < 4.78 is 0. The monoisotopic (exact) mass is 345 g/mol. The lowest BCUT2D eigenvalue weighted by atomic mass is 10.1. The van der Waals surface area contributed by atoms with E-state index in [9.17, 15) is 24.0 Å². The van der Waals surface area contributed by atoms with Gasteiger partial charge in [0.05, 0.1) is 19.6 Å². The summed E-state index contributed by atoms with van der Waals surface area (Å²) in [6.45, 7) is -0.613. The summed E-state index contributed by atoms with van der Waals surface area (Å²) in [5.41, 5.74) is 5.32. The second-order valence-electron chi connectivity index (χ2n) is 4.80. The molecule has 11 nitrogen and oxygen atoms in total. The first kappa shape index (κ1) is 21.3. The van der Waals surface area contributed by atoms with E-state index in [1.807, 2.05) is 0 Å². The molecule has 0 aromatic heterocycles. The molecule has 0 aromatic carbocycles. The Morgan fingerprint density at radius 3 is 2.08 bits per heavy atom. The van der Waals surface area contributed by atoms with Crippen LogP contribution < -0.4 is 27.0 Å². The van der Waals surface area contributed by atoms with Crippen molar-refractivity contribution in [2.45, 2.75) is 25.3 Å². The normalized spacial score (nSPS) is 11.0. The van der Waals surface area contributed by atoms with Crippen LogP contribution in [0.25, 0.3) is 0 Å².